The van der Waals surface area contributed by atoms with E-state index in [9.17, 15) is 13.2 Å². The average molecular weight is 291 g/mol. The lowest BCUT2D eigenvalue weighted by molar-refractivity contribution is 0.0955. The van der Waals surface area contributed by atoms with Crippen molar-refractivity contribution in [2.24, 2.45) is 0 Å². The highest BCUT2D eigenvalue weighted by molar-refractivity contribution is 8.13. The Morgan fingerprint density at radius 1 is 1.39 bits per heavy atom. The number of carbonyl (C=O) groups is 1. The van der Waals surface area contributed by atoms with Gasteiger partial charge < -0.3 is 10.2 Å². The van der Waals surface area contributed by atoms with Crippen LogP contribution in [-0.4, -0.2) is 35.0 Å². The topological polar surface area (TPSA) is 66.5 Å². The third kappa shape index (κ3) is 3.36. The molecule has 0 saturated carbocycles. The molecule has 0 aromatic heterocycles. The molecule has 0 fully saturated rings. The number of nitrogens with one attached hydrogen (secondary N) is 1. The number of rotatable bonds is 4. The fraction of sp³-hybridized carbons (Fsp3) is 0.364. The molecule has 0 atom stereocenters. The maximum atomic E-state index is 11.6. The van der Waals surface area contributed by atoms with Crippen molar-refractivity contribution < 1.29 is 13.2 Å². The minimum absolute atomic E-state index is 0.0714. The van der Waals surface area contributed by atoms with Crippen molar-refractivity contribution in [2.45, 2.75) is 11.8 Å². The molecule has 1 rings (SSSR count). The standard InChI is InChI=1S/C11H15ClN2O3S/c1-4-13-11(15)8-5-6-9(14(2)3)10(7-8)18(12,16)17/h5-7H,4H2,1-3H3,(H,13,15). The van der Waals surface area contributed by atoms with Gasteiger partial charge in [0.25, 0.3) is 15.0 Å². The molecule has 1 aromatic rings. The zero-order valence-corrected chi connectivity index (χ0v) is 12.0. The van der Waals surface area contributed by atoms with Gasteiger partial charge in [-0.15, -0.1) is 0 Å². The van der Waals surface area contributed by atoms with Crippen LogP contribution in [0.25, 0.3) is 0 Å². The van der Waals surface area contributed by atoms with E-state index < -0.39 is 9.05 Å². The number of nitrogens with zero attached hydrogens (tertiary/aromatic N) is 1. The molecule has 18 heavy (non-hydrogen) atoms. The van der Waals surface area contributed by atoms with Crippen molar-refractivity contribution in [3.8, 4) is 0 Å². The average Bonchev–Trinajstić information content (AvgIpc) is 2.27. The summed E-state index contributed by atoms with van der Waals surface area (Å²) in [4.78, 5) is 13.2. The molecule has 100 valence electrons. The van der Waals surface area contributed by atoms with Crippen molar-refractivity contribution in [1.82, 2.24) is 5.32 Å². The number of hydrogen-bond donors (Lipinski definition) is 1. The van der Waals surface area contributed by atoms with E-state index in [4.69, 9.17) is 10.7 Å². The van der Waals surface area contributed by atoms with Gasteiger partial charge in [0.15, 0.2) is 0 Å². The fourth-order valence-electron chi connectivity index (χ4n) is 1.48. The SMILES string of the molecule is CCNC(=O)c1ccc(N(C)C)c(S(=O)(=O)Cl)c1. The molecule has 0 bridgehead atoms. The smallest absolute Gasteiger partial charge is 0.263 e. The first-order valence-electron chi connectivity index (χ1n) is 5.31. The molecule has 5 nitrogen and oxygen atoms in total. The first kappa shape index (κ1) is 14.8. The number of benzene rings is 1. The summed E-state index contributed by atoms with van der Waals surface area (Å²) in [5.74, 6) is -0.329. The number of carbonyl (C=O) groups excluding carboxylic acids is 1. The minimum Gasteiger partial charge on any atom is -0.377 e. The third-order valence-corrected chi connectivity index (χ3v) is 3.65. The Morgan fingerprint density at radius 3 is 2.44 bits per heavy atom. The van der Waals surface area contributed by atoms with Crippen LogP contribution in [0.3, 0.4) is 0 Å². The molecule has 7 heteroatoms. The van der Waals surface area contributed by atoms with Gasteiger partial charge in [-0.3, -0.25) is 4.79 Å². The molecule has 1 N–H and O–H groups in total. The van der Waals surface area contributed by atoms with Crippen LogP contribution < -0.4 is 10.2 Å². The van der Waals surface area contributed by atoms with Crippen molar-refractivity contribution in [2.75, 3.05) is 25.5 Å². The predicted octanol–water partition coefficient (Wildman–Crippen LogP) is 1.43. The van der Waals surface area contributed by atoms with E-state index in [2.05, 4.69) is 5.32 Å². The molecular weight excluding hydrogens is 276 g/mol. The first-order chi connectivity index (χ1) is 8.27. The predicted molar refractivity (Wildman–Crippen MR) is 71.8 cm³/mol. The lowest BCUT2D eigenvalue weighted by Gasteiger charge is -2.16. The van der Waals surface area contributed by atoms with Crippen molar-refractivity contribution in [3.63, 3.8) is 0 Å². The van der Waals surface area contributed by atoms with Crippen LogP contribution in [0.2, 0.25) is 0 Å². The van der Waals surface area contributed by atoms with Crippen LogP contribution in [0.5, 0.6) is 0 Å². The second kappa shape index (κ2) is 5.58. The summed E-state index contributed by atoms with van der Waals surface area (Å²) >= 11 is 0. The highest BCUT2D eigenvalue weighted by Crippen LogP contribution is 2.27. The second-order valence-corrected chi connectivity index (χ2v) is 6.41. The molecule has 0 unspecified atom stereocenters. The quantitative estimate of drug-likeness (QED) is 0.852. The number of hydrogen-bond acceptors (Lipinski definition) is 4. The maximum Gasteiger partial charge on any atom is 0.263 e. The van der Waals surface area contributed by atoms with Gasteiger partial charge in [-0.05, 0) is 25.1 Å². The van der Waals surface area contributed by atoms with Crippen molar-refractivity contribution >= 4 is 31.3 Å². The maximum absolute atomic E-state index is 11.6. The van der Waals surface area contributed by atoms with E-state index in [0.717, 1.165) is 0 Å². The summed E-state index contributed by atoms with van der Waals surface area (Å²) in [6, 6.07) is 4.40. The number of anilines is 1. The summed E-state index contributed by atoms with van der Waals surface area (Å²) in [6.07, 6.45) is 0. The molecule has 0 spiro atoms. The van der Waals surface area contributed by atoms with Crippen LogP contribution in [0.15, 0.2) is 23.1 Å². The van der Waals surface area contributed by atoms with Gasteiger partial charge >= 0.3 is 0 Å². The Hall–Kier alpha value is -1.27. The van der Waals surface area contributed by atoms with E-state index >= 15 is 0 Å². The molecule has 1 aromatic carbocycles. The van der Waals surface area contributed by atoms with Crippen LogP contribution in [0.4, 0.5) is 5.69 Å². The van der Waals surface area contributed by atoms with Gasteiger partial charge in [0.1, 0.15) is 4.90 Å². The van der Waals surface area contributed by atoms with Gasteiger partial charge in [-0.1, -0.05) is 0 Å². The summed E-state index contributed by atoms with van der Waals surface area (Å²) in [6.45, 7) is 2.25. The molecule has 1 amide bonds. The van der Waals surface area contributed by atoms with Crippen molar-refractivity contribution in [1.29, 1.82) is 0 Å². The fourth-order valence-corrected chi connectivity index (χ4v) is 2.62. The lowest BCUT2D eigenvalue weighted by Crippen LogP contribution is -2.23. The number of halogens is 1. The molecule has 0 aliphatic heterocycles. The van der Waals surface area contributed by atoms with E-state index in [1.54, 1.807) is 38.1 Å². The minimum atomic E-state index is -3.90. The Kier molecular flexibility index (Phi) is 4.59. The molecule has 0 saturated heterocycles. The van der Waals surface area contributed by atoms with E-state index in [1.165, 1.54) is 6.07 Å². The Labute approximate surface area is 111 Å². The number of amides is 1. The normalized spacial score (nSPS) is 11.1. The van der Waals surface area contributed by atoms with Gasteiger partial charge in [-0.25, -0.2) is 8.42 Å². The molecule has 0 heterocycles. The van der Waals surface area contributed by atoms with Crippen molar-refractivity contribution in [3.05, 3.63) is 23.8 Å². The highest BCUT2D eigenvalue weighted by atomic mass is 35.7. The Bertz CT molecular complexity index is 555. The van der Waals surface area contributed by atoms with E-state index in [0.29, 0.717) is 12.2 Å². The van der Waals surface area contributed by atoms with Crippen LogP contribution >= 0.6 is 10.7 Å². The Balaban J connectivity index is 3.35. The van der Waals surface area contributed by atoms with Crippen LogP contribution in [-0.2, 0) is 9.05 Å². The van der Waals surface area contributed by atoms with Gasteiger partial charge in [0, 0.05) is 36.9 Å². The molecule has 0 aliphatic rings. The third-order valence-electron chi connectivity index (χ3n) is 2.30. The summed E-state index contributed by atoms with van der Waals surface area (Å²) in [7, 11) is 4.88. The summed E-state index contributed by atoms with van der Waals surface area (Å²) in [5, 5.41) is 2.60. The Morgan fingerprint density at radius 2 is 2.00 bits per heavy atom. The van der Waals surface area contributed by atoms with Crippen LogP contribution in [0.1, 0.15) is 17.3 Å². The summed E-state index contributed by atoms with van der Waals surface area (Å²) < 4.78 is 23.0. The zero-order valence-electron chi connectivity index (χ0n) is 10.4. The van der Waals surface area contributed by atoms with Crippen LogP contribution in [0, 0.1) is 0 Å². The largest absolute Gasteiger partial charge is 0.377 e. The first-order valence-corrected chi connectivity index (χ1v) is 7.62. The van der Waals surface area contributed by atoms with E-state index in [1.807, 2.05) is 0 Å². The van der Waals surface area contributed by atoms with Gasteiger partial charge in [0.2, 0.25) is 0 Å². The van der Waals surface area contributed by atoms with Gasteiger partial charge in [0.05, 0.1) is 5.69 Å². The lowest BCUT2D eigenvalue weighted by atomic mass is 10.2. The molecular formula is C11H15ClN2O3S. The zero-order chi connectivity index (χ0) is 13.9. The molecule has 0 radical (unpaired) electrons. The highest BCUT2D eigenvalue weighted by Gasteiger charge is 2.19. The monoisotopic (exact) mass is 290 g/mol. The second-order valence-electron chi connectivity index (χ2n) is 3.87. The molecule has 0 aliphatic carbocycles. The van der Waals surface area contributed by atoms with Gasteiger partial charge in [-0.2, -0.15) is 0 Å². The summed E-state index contributed by atoms with van der Waals surface area (Å²) in [5.41, 5.74) is 0.708. The van der Waals surface area contributed by atoms with E-state index in [-0.39, 0.29) is 16.4 Å².